The minimum Gasteiger partial charge on any atom is -0.328 e. The first-order valence-electron chi connectivity index (χ1n) is 7.79. The smallest absolute Gasteiger partial charge is 0.319 e. The topological polar surface area (TPSA) is 71.8 Å². The third kappa shape index (κ3) is 3.47. The molecule has 2 heterocycles. The van der Waals surface area contributed by atoms with E-state index in [9.17, 15) is 4.79 Å². The maximum atomic E-state index is 12.3. The molecule has 122 valence electrons. The largest absolute Gasteiger partial charge is 0.328 e. The van der Waals surface area contributed by atoms with Gasteiger partial charge in [0.05, 0.1) is 6.04 Å². The van der Waals surface area contributed by atoms with Gasteiger partial charge in [0, 0.05) is 23.7 Å². The number of carbonyl (C=O) groups excluding carboxylic acids is 1. The van der Waals surface area contributed by atoms with Gasteiger partial charge in [0.15, 0.2) is 5.82 Å². The summed E-state index contributed by atoms with van der Waals surface area (Å²) < 4.78 is 2.12. The molecular formula is C16H20ClN5O. The molecule has 0 aliphatic carbocycles. The summed E-state index contributed by atoms with van der Waals surface area (Å²) in [6.07, 6.45) is 2.03. The van der Waals surface area contributed by atoms with Crippen LogP contribution in [0.3, 0.4) is 0 Å². The molecule has 0 bridgehead atoms. The van der Waals surface area contributed by atoms with Crippen molar-refractivity contribution in [2.75, 3.05) is 5.32 Å². The minimum absolute atomic E-state index is 0.187. The predicted octanol–water partition coefficient (Wildman–Crippen LogP) is 3.40. The van der Waals surface area contributed by atoms with Gasteiger partial charge >= 0.3 is 6.03 Å². The number of amides is 2. The predicted molar refractivity (Wildman–Crippen MR) is 89.5 cm³/mol. The van der Waals surface area contributed by atoms with Crippen LogP contribution in [0.4, 0.5) is 10.5 Å². The Bertz CT molecular complexity index is 712. The van der Waals surface area contributed by atoms with Gasteiger partial charge in [-0.25, -0.2) is 4.79 Å². The molecule has 1 aromatic heterocycles. The zero-order valence-corrected chi connectivity index (χ0v) is 14.0. The van der Waals surface area contributed by atoms with Crippen LogP contribution in [0.5, 0.6) is 0 Å². The second-order valence-corrected chi connectivity index (χ2v) is 6.50. The Morgan fingerprint density at radius 1 is 1.35 bits per heavy atom. The molecule has 0 radical (unpaired) electrons. The van der Waals surface area contributed by atoms with Crippen molar-refractivity contribution in [3.8, 4) is 0 Å². The van der Waals surface area contributed by atoms with Crippen molar-refractivity contribution in [2.24, 2.45) is 5.92 Å². The lowest BCUT2D eigenvalue weighted by atomic mass is 10.0. The summed E-state index contributed by atoms with van der Waals surface area (Å²) >= 11 is 5.94. The number of anilines is 1. The molecule has 23 heavy (non-hydrogen) atoms. The fourth-order valence-electron chi connectivity index (χ4n) is 2.81. The molecule has 0 saturated carbocycles. The Hall–Kier alpha value is -2.08. The highest BCUT2D eigenvalue weighted by Crippen LogP contribution is 2.24. The van der Waals surface area contributed by atoms with Crippen LogP contribution in [0.2, 0.25) is 5.02 Å². The van der Waals surface area contributed by atoms with Gasteiger partial charge in [-0.3, -0.25) is 0 Å². The van der Waals surface area contributed by atoms with Crippen molar-refractivity contribution >= 4 is 23.3 Å². The van der Waals surface area contributed by atoms with E-state index in [1.54, 1.807) is 24.3 Å². The fourth-order valence-corrected chi connectivity index (χ4v) is 3.00. The lowest BCUT2D eigenvalue weighted by Gasteiger charge is -2.22. The molecule has 0 spiro atoms. The standard InChI is InChI=1S/C16H20ClN5O/c1-10(2)14(15-21-20-13-7-4-8-22(13)15)19-16(23)18-12-6-3-5-11(17)9-12/h3,5-6,9-10,14H,4,7-8H2,1-2H3,(H2,18,19,23)/t14-/m0/s1. The molecular weight excluding hydrogens is 314 g/mol. The van der Waals surface area contributed by atoms with Crippen molar-refractivity contribution < 1.29 is 4.79 Å². The maximum absolute atomic E-state index is 12.3. The van der Waals surface area contributed by atoms with Gasteiger partial charge in [0.25, 0.3) is 0 Å². The summed E-state index contributed by atoms with van der Waals surface area (Å²) in [6, 6.07) is 6.60. The number of aryl methyl sites for hydroxylation is 1. The van der Waals surface area contributed by atoms with E-state index in [1.807, 2.05) is 0 Å². The van der Waals surface area contributed by atoms with Crippen LogP contribution in [0.1, 0.15) is 38.0 Å². The summed E-state index contributed by atoms with van der Waals surface area (Å²) in [5.74, 6) is 2.03. The first kappa shape index (κ1) is 15.8. The van der Waals surface area contributed by atoms with Crippen LogP contribution in [0.25, 0.3) is 0 Å². The molecule has 1 aliphatic heterocycles. The van der Waals surface area contributed by atoms with Gasteiger partial charge in [-0.1, -0.05) is 31.5 Å². The molecule has 7 heteroatoms. The third-order valence-corrected chi connectivity index (χ3v) is 4.19. The van der Waals surface area contributed by atoms with Gasteiger partial charge in [0.1, 0.15) is 5.82 Å². The van der Waals surface area contributed by atoms with Crippen LogP contribution in [-0.2, 0) is 13.0 Å². The molecule has 2 aromatic rings. The molecule has 6 nitrogen and oxygen atoms in total. The number of nitrogens with one attached hydrogen (secondary N) is 2. The highest BCUT2D eigenvalue weighted by atomic mass is 35.5. The monoisotopic (exact) mass is 333 g/mol. The number of hydrogen-bond donors (Lipinski definition) is 2. The number of rotatable bonds is 4. The SMILES string of the molecule is CC(C)[C@H](NC(=O)Nc1cccc(Cl)c1)c1nnc2n1CCC2. The van der Waals surface area contributed by atoms with E-state index in [1.165, 1.54) is 0 Å². The molecule has 2 N–H and O–H groups in total. The summed E-state index contributed by atoms with van der Waals surface area (Å²) in [6.45, 7) is 5.03. The Morgan fingerprint density at radius 2 is 2.17 bits per heavy atom. The van der Waals surface area contributed by atoms with Crippen molar-refractivity contribution in [1.82, 2.24) is 20.1 Å². The van der Waals surface area contributed by atoms with E-state index in [0.717, 1.165) is 31.0 Å². The summed E-state index contributed by atoms with van der Waals surface area (Å²) in [7, 11) is 0. The number of aromatic nitrogens is 3. The summed E-state index contributed by atoms with van der Waals surface area (Å²) in [5.41, 5.74) is 0.656. The molecule has 0 unspecified atom stereocenters. The third-order valence-electron chi connectivity index (χ3n) is 3.95. The van der Waals surface area contributed by atoms with Crippen molar-refractivity contribution in [2.45, 2.75) is 39.3 Å². The lowest BCUT2D eigenvalue weighted by molar-refractivity contribution is 0.243. The highest BCUT2D eigenvalue weighted by molar-refractivity contribution is 6.30. The molecule has 0 fully saturated rings. The number of hydrogen-bond acceptors (Lipinski definition) is 3. The van der Waals surface area contributed by atoms with Gasteiger partial charge in [-0.2, -0.15) is 0 Å². The number of fused-ring (bicyclic) bond motifs is 1. The highest BCUT2D eigenvalue weighted by Gasteiger charge is 2.27. The molecule has 2 amide bonds. The summed E-state index contributed by atoms with van der Waals surface area (Å²) in [5, 5.41) is 14.9. The van der Waals surface area contributed by atoms with E-state index in [4.69, 9.17) is 11.6 Å². The van der Waals surface area contributed by atoms with Crippen LogP contribution in [0.15, 0.2) is 24.3 Å². The van der Waals surface area contributed by atoms with E-state index in [-0.39, 0.29) is 18.0 Å². The van der Waals surface area contributed by atoms with Crippen LogP contribution in [-0.4, -0.2) is 20.8 Å². The van der Waals surface area contributed by atoms with Crippen LogP contribution >= 0.6 is 11.6 Å². The lowest BCUT2D eigenvalue weighted by Crippen LogP contribution is -2.36. The normalized spacial score (nSPS) is 14.6. The Balaban J connectivity index is 1.73. The minimum atomic E-state index is -0.277. The molecule has 1 aliphatic rings. The average Bonchev–Trinajstić information content (AvgIpc) is 3.07. The number of halogens is 1. The summed E-state index contributed by atoms with van der Waals surface area (Å²) in [4.78, 5) is 12.3. The first-order chi connectivity index (χ1) is 11.0. The number of nitrogens with zero attached hydrogens (tertiary/aromatic N) is 3. The van der Waals surface area contributed by atoms with Crippen molar-refractivity contribution in [1.29, 1.82) is 0 Å². The van der Waals surface area contributed by atoms with E-state index >= 15 is 0 Å². The van der Waals surface area contributed by atoms with E-state index < -0.39 is 0 Å². The molecule has 1 aromatic carbocycles. The van der Waals surface area contributed by atoms with Gasteiger partial charge in [0.2, 0.25) is 0 Å². The van der Waals surface area contributed by atoms with Gasteiger partial charge < -0.3 is 15.2 Å². The van der Waals surface area contributed by atoms with E-state index in [0.29, 0.717) is 10.7 Å². The number of benzene rings is 1. The number of carbonyl (C=O) groups is 1. The molecule has 3 rings (SSSR count). The number of urea groups is 1. The van der Waals surface area contributed by atoms with Crippen LogP contribution in [0, 0.1) is 5.92 Å². The second-order valence-electron chi connectivity index (χ2n) is 6.06. The maximum Gasteiger partial charge on any atom is 0.319 e. The quantitative estimate of drug-likeness (QED) is 0.900. The second kappa shape index (κ2) is 6.58. The molecule has 1 atom stereocenters. The first-order valence-corrected chi connectivity index (χ1v) is 8.17. The Labute approximate surface area is 140 Å². The zero-order chi connectivity index (χ0) is 16.4. The zero-order valence-electron chi connectivity index (χ0n) is 13.2. The van der Waals surface area contributed by atoms with Gasteiger partial charge in [-0.15, -0.1) is 10.2 Å². The van der Waals surface area contributed by atoms with Gasteiger partial charge in [-0.05, 0) is 30.5 Å². The Morgan fingerprint density at radius 3 is 2.91 bits per heavy atom. The average molecular weight is 334 g/mol. The Kier molecular flexibility index (Phi) is 4.52. The van der Waals surface area contributed by atoms with Crippen molar-refractivity contribution in [3.63, 3.8) is 0 Å². The molecule has 0 saturated heterocycles. The van der Waals surface area contributed by atoms with E-state index in [2.05, 4.69) is 39.2 Å². The van der Waals surface area contributed by atoms with Crippen molar-refractivity contribution in [3.05, 3.63) is 40.9 Å². The fraction of sp³-hybridized carbons (Fsp3) is 0.438. The van der Waals surface area contributed by atoms with Crippen LogP contribution < -0.4 is 10.6 Å².